The lowest BCUT2D eigenvalue weighted by Gasteiger charge is -2.27. The fourth-order valence-electron chi connectivity index (χ4n) is 1.59. The number of nitrogens with two attached hydrogens (primary N) is 1. The number of rotatable bonds is 5. The van der Waals surface area contributed by atoms with E-state index in [-0.39, 0.29) is 24.6 Å². The van der Waals surface area contributed by atoms with E-state index in [4.69, 9.17) is 5.73 Å². The number of aliphatic hydroxyl groups is 1. The van der Waals surface area contributed by atoms with Crippen molar-refractivity contribution < 1.29 is 5.11 Å². The van der Waals surface area contributed by atoms with Crippen molar-refractivity contribution in [1.82, 2.24) is 0 Å². The molecule has 0 saturated carbocycles. The van der Waals surface area contributed by atoms with E-state index in [2.05, 4.69) is 4.90 Å². The van der Waals surface area contributed by atoms with Gasteiger partial charge < -0.3 is 15.7 Å². The van der Waals surface area contributed by atoms with E-state index in [1.165, 1.54) is 0 Å². The molecule has 0 bridgehead atoms. The van der Waals surface area contributed by atoms with Crippen LogP contribution in [0.25, 0.3) is 0 Å². The van der Waals surface area contributed by atoms with Crippen LogP contribution < -0.4 is 10.6 Å². The number of benzene rings is 1. The molecule has 1 aromatic carbocycles. The first-order chi connectivity index (χ1) is 7.09. The molecule has 0 aliphatic rings. The highest BCUT2D eigenvalue weighted by molar-refractivity contribution is 5.85. The molecule has 3 N–H and O–H groups in total. The summed E-state index contributed by atoms with van der Waals surface area (Å²) in [5, 5.41) is 9.41. The second-order valence-corrected chi connectivity index (χ2v) is 4.07. The lowest BCUT2D eigenvalue weighted by molar-refractivity contribution is 0.199. The molecule has 4 heteroatoms. The lowest BCUT2D eigenvalue weighted by atomic mass is 10.2. The van der Waals surface area contributed by atoms with Gasteiger partial charge in [-0.15, -0.1) is 12.4 Å². The topological polar surface area (TPSA) is 49.5 Å². The van der Waals surface area contributed by atoms with Crippen molar-refractivity contribution >= 4 is 18.1 Å². The molecule has 92 valence electrons. The predicted octanol–water partition coefficient (Wildman–Crippen LogP) is 1.64. The fourth-order valence-corrected chi connectivity index (χ4v) is 1.59. The van der Waals surface area contributed by atoms with Gasteiger partial charge in [0.2, 0.25) is 0 Å². The molecule has 0 spiro atoms. The zero-order valence-electron chi connectivity index (χ0n) is 9.84. The van der Waals surface area contributed by atoms with Gasteiger partial charge in [-0.05, 0) is 26.0 Å². The second-order valence-electron chi connectivity index (χ2n) is 4.07. The highest BCUT2D eigenvalue weighted by atomic mass is 35.5. The van der Waals surface area contributed by atoms with Crippen LogP contribution in [0.3, 0.4) is 0 Å². The van der Waals surface area contributed by atoms with Crippen LogP contribution in [0.1, 0.15) is 13.8 Å². The Labute approximate surface area is 104 Å². The van der Waals surface area contributed by atoms with E-state index in [0.29, 0.717) is 6.54 Å². The summed E-state index contributed by atoms with van der Waals surface area (Å²) in [5.74, 6) is 0. The van der Waals surface area contributed by atoms with Crippen molar-refractivity contribution in [2.75, 3.05) is 18.0 Å². The molecule has 1 aromatic rings. The van der Waals surface area contributed by atoms with E-state index in [1.807, 2.05) is 37.3 Å². The minimum absolute atomic E-state index is 0. The van der Waals surface area contributed by atoms with Crippen LogP contribution in [0.5, 0.6) is 0 Å². The third kappa shape index (κ3) is 5.35. The van der Waals surface area contributed by atoms with E-state index in [1.54, 1.807) is 6.92 Å². The maximum Gasteiger partial charge on any atom is 0.0687 e. The molecule has 0 fully saturated rings. The van der Waals surface area contributed by atoms with Crippen LogP contribution in [0.4, 0.5) is 5.69 Å². The Kier molecular flexibility index (Phi) is 7.13. The molecule has 0 amide bonds. The van der Waals surface area contributed by atoms with E-state index in [0.717, 1.165) is 12.2 Å². The number of hydrogen-bond donors (Lipinski definition) is 2. The largest absolute Gasteiger partial charge is 0.392 e. The Bertz CT molecular complexity index is 268. The number of halogens is 1. The van der Waals surface area contributed by atoms with Gasteiger partial charge in [0.15, 0.2) is 0 Å². The van der Waals surface area contributed by atoms with Gasteiger partial charge in [-0.25, -0.2) is 0 Å². The maximum atomic E-state index is 9.41. The summed E-state index contributed by atoms with van der Waals surface area (Å²) in [7, 11) is 0. The first-order valence-corrected chi connectivity index (χ1v) is 5.33. The molecule has 0 aromatic heterocycles. The van der Waals surface area contributed by atoms with Gasteiger partial charge in [0.25, 0.3) is 0 Å². The Morgan fingerprint density at radius 3 is 2.19 bits per heavy atom. The summed E-state index contributed by atoms with van der Waals surface area (Å²) in [6, 6.07) is 10.1. The van der Waals surface area contributed by atoms with Crippen LogP contribution in [0, 0.1) is 0 Å². The first-order valence-electron chi connectivity index (χ1n) is 5.33. The summed E-state index contributed by atoms with van der Waals surface area (Å²) in [6.07, 6.45) is -0.344. The van der Waals surface area contributed by atoms with Gasteiger partial charge in [0.1, 0.15) is 0 Å². The number of hydrogen-bond acceptors (Lipinski definition) is 3. The summed E-state index contributed by atoms with van der Waals surface area (Å²) in [6.45, 7) is 5.13. The second kappa shape index (κ2) is 7.49. The van der Waals surface area contributed by atoms with Crippen molar-refractivity contribution in [1.29, 1.82) is 0 Å². The molecule has 2 unspecified atom stereocenters. The molecule has 0 aliphatic heterocycles. The fraction of sp³-hybridized carbons (Fsp3) is 0.500. The highest BCUT2D eigenvalue weighted by Gasteiger charge is 2.10. The van der Waals surface area contributed by atoms with E-state index < -0.39 is 0 Å². The third-order valence-corrected chi connectivity index (χ3v) is 2.11. The number of anilines is 1. The molecule has 0 heterocycles. The van der Waals surface area contributed by atoms with Gasteiger partial charge in [-0.2, -0.15) is 0 Å². The Hall–Kier alpha value is -0.770. The zero-order valence-corrected chi connectivity index (χ0v) is 10.7. The van der Waals surface area contributed by atoms with Gasteiger partial charge in [0.05, 0.1) is 6.10 Å². The van der Waals surface area contributed by atoms with E-state index in [9.17, 15) is 5.11 Å². The Morgan fingerprint density at radius 2 is 1.75 bits per heavy atom. The molecule has 3 nitrogen and oxygen atoms in total. The molecular formula is C12H21ClN2O. The number of aliphatic hydroxyl groups excluding tert-OH is 1. The maximum absolute atomic E-state index is 9.41. The van der Waals surface area contributed by atoms with Crippen molar-refractivity contribution in [2.24, 2.45) is 5.73 Å². The summed E-state index contributed by atoms with van der Waals surface area (Å²) >= 11 is 0. The standard InChI is InChI=1S/C12H20N2O.ClH/c1-10(13)8-14(9-11(2)15)12-6-4-3-5-7-12;/h3-7,10-11,15H,8-9,13H2,1-2H3;1H. The van der Waals surface area contributed by atoms with Crippen molar-refractivity contribution in [3.8, 4) is 0 Å². The third-order valence-electron chi connectivity index (χ3n) is 2.11. The van der Waals surface area contributed by atoms with Crippen LogP contribution >= 0.6 is 12.4 Å². The average Bonchev–Trinajstić information content (AvgIpc) is 2.17. The van der Waals surface area contributed by atoms with Gasteiger partial charge in [-0.3, -0.25) is 0 Å². The van der Waals surface area contributed by atoms with Crippen LogP contribution in [0.15, 0.2) is 30.3 Å². The molecule has 0 aliphatic carbocycles. The van der Waals surface area contributed by atoms with Gasteiger partial charge in [-0.1, -0.05) is 18.2 Å². The van der Waals surface area contributed by atoms with Crippen molar-refractivity contribution in [3.63, 3.8) is 0 Å². The summed E-state index contributed by atoms with van der Waals surface area (Å²) in [5.41, 5.74) is 6.89. The van der Waals surface area contributed by atoms with Crippen molar-refractivity contribution in [2.45, 2.75) is 26.0 Å². The normalized spacial score (nSPS) is 13.8. The quantitative estimate of drug-likeness (QED) is 0.828. The smallest absolute Gasteiger partial charge is 0.0687 e. The first kappa shape index (κ1) is 15.2. The van der Waals surface area contributed by atoms with Crippen LogP contribution in [0.2, 0.25) is 0 Å². The van der Waals surface area contributed by atoms with Gasteiger partial charge >= 0.3 is 0 Å². The summed E-state index contributed by atoms with van der Waals surface area (Å²) in [4.78, 5) is 2.11. The molecule has 16 heavy (non-hydrogen) atoms. The molecule has 0 radical (unpaired) electrons. The Balaban J connectivity index is 0.00000225. The predicted molar refractivity (Wildman–Crippen MR) is 71.2 cm³/mol. The minimum Gasteiger partial charge on any atom is -0.392 e. The minimum atomic E-state index is -0.344. The zero-order chi connectivity index (χ0) is 11.3. The molecule has 0 saturated heterocycles. The summed E-state index contributed by atoms with van der Waals surface area (Å²) < 4.78 is 0. The monoisotopic (exact) mass is 244 g/mol. The van der Waals surface area contributed by atoms with Gasteiger partial charge in [0, 0.05) is 24.8 Å². The average molecular weight is 245 g/mol. The number of para-hydroxylation sites is 1. The van der Waals surface area contributed by atoms with E-state index >= 15 is 0 Å². The van der Waals surface area contributed by atoms with Crippen molar-refractivity contribution in [3.05, 3.63) is 30.3 Å². The lowest BCUT2D eigenvalue weighted by Crippen LogP contribution is -2.39. The van der Waals surface area contributed by atoms with Crippen LogP contribution in [-0.4, -0.2) is 30.3 Å². The van der Waals surface area contributed by atoms with Crippen LogP contribution in [-0.2, 0) is 0 Å². The molecular weight excluding hydrogens is 224 g/mol. The molecule has 1 rings (SSSR count). The number of nitrogens with zero attached hydrogens (tertiary/aromatic N) is 1. The SMILES string of the molecule is CC(N)CN(CC(C)O)c1ccccc1.Cl. The highest BCUT2D eigenvalue weighted by Crippen LogP contribution is 2.13. The molecule has 2 atom stereocenters. The Morgan fingerprint density at radius 1 is 1.19 bits per heavy atom.